The molecule has 0 saturated heterocycles. The monoisotopic (exact) mass is 362 g/mol. The van der Waals surface area contributed by atoms with Crippen LogP contribution in [0.1, 0.15) is 44.0 Å². The topological polar surface area (TPSA) is 84.7 Å². The van der Waals surface area contributed by atoms with Crippen molar-refractivity contribution in [1.29, 1.82) is 0 Å². The van der Waals surface area contributed by atoms with Gasteiger partial charge in [-0.15, -0.1) is 5.10 Å². The van der Waals surface area contributed by atoms with Crippen LogP contribution in [-0.4, -0.2) is 33.3 Å². The van der Waals surface area contributed by atoms with Gasteiger partial charge in [-0.1, -0.05) is 24.6 Å². The van der Waals surface area contributed by atoms with E-state index in [4.69, 9.17) is 11.6 Å². The van der Waals surface area contributed by atoms with Gasteiger partial charge in [0.25, 0.3) is 0 Å². The second kappa shape index (κ2) is 7.00. The van der Waals surface area contributed by atoms with Crippen LogP contribution in [0.2, 0.25) is 5.02 Å². The maximum absolute atomic E-state index is 12.1. The van der Waals surface area contributed by atoms with Gasteiger partial charge in [0.15, 0.2) is 5.82 Å². The van der Waals surface area contributed by atoms with Crippen LogP contribution >= 0.6 is 11.6 Å². The zero-order valence-corrected chi connectivity index (χ0v) is 15.5. The summed E-state index contributed by atoms with van der Waals surface area (Å²) in [6.45, 7) is 4.17. The molecule has 0 radical (unpaired) electrons. The fourth-order valence-electron chi connectivity index (χ4n) is 3.41. The van der Waals surface area contributed by atoms with Gasteiger partial charge >= 0.3 is 6.03 Å². The van der Waals surface area contributed by atoms with Gasteiger partial charge in [-0.25, -0.2) is 4.79 Å². The molecule has 2 aromatic rings. The number of hydrogen-bond acceptors (Lipinski definition) is 4. The van der Waals surface area contributed by atoms with E-state index in [0.717, 1.165) is 36.9 Å². The molecule has 25 heavy (non-hydrogen) atoms. The molecule has 0 aliphatic heterocycles. The SMILES string of the molecule is CNC(=O)NC1(c2nnnn2-c2cccc(Cl)c2C)CCC(C)CC1. The summed E-state index contributed by atoms with van der Waals surface area (Å²) in [6.07, 6.45) is 3.60. The Hall–Kier alpha value is -2.15. The number of nitrogens with one attached hydrogen (secondary N) is 2. The highest BCUT2D eigenvalue weighted by atomic mass is 35.5. The standard InChI is InChI=1S/C17H23ClN6O/c1-11-7-9-17(10-8-11,20-16(25)19-3)15-21-22-23-24(15)14-6-4-5-13(18)12(14)2/h4-6,11H,7-10H2,1-3H3,(H2,19,20,25). The first-order chi connectivity index (χ1) is 12.0. The number of tetrazole rings is 1. The van der Waals surface area contributed by atoms with Crippen molar-refractivity contribution in [2.45, 2.75) is 45.1 Å². The highest BCUT2D eigenvalue weighted by Crippen LogP contribution is 2.39. The minimum absolute atomic E-state index is 0.230. The Bertz CT molecular complexity index is 766. The van der Waals surface area contributed by atoms with Gasteiger partial charge in [0, 0.05) is 12.1 Å². The molecule has 0 unspecified atom stereocenters. The average molecular weight is 363 g/mol. The number of carbonyl (C=O) groups excluding carboxylic acids is 1. The molecular formula is C17H23ClN6O. The van der Waals surface area contributed by atoms with Crippen molar-refractivity contribution in [2.24, 2.45) is 5.92 Å². The maximum Gasteiger partial charge on any atom is 0.315 e. The van der Waals surface area contributed by atoms with Crippen LogP contribution in [0, 0.1) is 12.8 Å². The summed E-state index contributed by atoms with van der Waals surface area (Å²) < 4.78 is 1.70. The lowest BCUT2D eigenvalue weighted by atomic mass is 9.76. The molecule has 2 N–H and O–H groups in total. The van der Waals surface area contributed by atoms with Crippen LogP contribution < -0.4 is 10.6 Å². The largest absolute Gasteiger partial charge is 0.341 e. The Labute approximate surface area is 152 Å². The number of hydrogen-bond donors (Lipinski definition) is 2. The Morgan fingerprint density at radius 2 is 2.08 bits per heavy atom. The van der Waals surface area contributed by atoms with Gasteiger partial charge in [0.1, 0.15) is 5.54 Å². The lowest BCUT2D eigenvalue weighted by Crippen LogP contribution is -2.52. The molecule has 1 saturated carbocycles. The van der Waals surface area contributed by atoms with Crippen molar-refractivity contribution in [2.75, 3.05) is 7.05 Å². The highest BCUT2D eigenvalue weighted by Gasteiger charge is 2.42. The van der Waals surface area contributed by atoms with Crippen molar-refractivity contribution in [3.05, 3.63) is 34.6 Å². The number of amides is 2. The van der Waals surface area contributed by atoms with E-state index in [1.54, 1.807) is 11.7 Å². The van der Waals surface area contributed by atoms with Crippen molar-refractivity contribution in [3.63, 3.8) is 0 Å². The number of carbonyl (C=O) groups is 1. The Kier molecular flexibility index (Phi) is 4.94. The molecule has 7 nitrogen and oxygen atoms in total. The van der Waals surface area contributed by atoms with Gasteiger partial charge in [-0.2, -0.15) is 4.68 Å². The molecule has 0 atom stereocenters. The summed E-state index contributed by atoms with van der Waals surface area (Å²) in [7, 11) is 1.61. The number of benzene rings is 1. The number of aromatic nitrogens is 4. The van der Waals surface area contributed by atoms with Crippen LogP contribution in [0.25, 0.3) is 5.69 Å². The van der Waals surface area contributed by atoms with E-state index >= 15 is 0 Å². The summed E-state index contributed by atoms with van der Waals surface area (Å²) in [4.78, 5) is 12.1. The fourth-order valence-corrected chi connectivity index (χ4v) is 3.58. The molecule has 0 bridgehead atoms. The van der Waals surface area contributed by atoms with E-state index in [-0.39, 0.29) is 6.03 Å². The molecule has 8 heteroatoms. The van der Waals surface area contributed by atoms with Crippen LogP contribution in [0.4, 0.5) is 4.79 Å². The summed E-state index contributed by atoms with van der Waals surface area (Å²) in [5, 5.41) is 18.8. The van der Waals surface area contributed by atoms with Crippen molar-refractivity contribution < 1.29 is 4.79 Å². The lowest BCUT2D eigenvalue weighted by Gasteiger charge is -2.38. The molecule has 1 aliphatic carbocycles. The fraction of sp³-hybridized carbons (Fsp3) is 0.529. The minimum atomic E-state index is -0.592. The van der Waals surface area contributed by atoms with Crippen molar-refractivity contribution in [1.82, 2.24) is 30.8 Å². The van der Waals surface area contributed by atoms with Gasteiger partial charge in [0.2, 0.25) is 0 Å². The van der Waals surface area contributed by atoms with Crippen LogP contribution in [0.3, 0.4) is 0 Å². The zero-order valence-electron chi connectivity index (χ0n) is 14.7. The Morgan fingerprint density at radius 1 is 1.36 bits per heavy atom. The van der Waals surface area contributed by atoms with Gasteiger partial charge in [0.05, 0.1) is 5.69 Å². The van der Waals surface area contributed by atoms with Gasteiger partial charge in [-0.3, -0.25) is 0 Å². The third-order valence-electron chi connectivity index (χ3n) is 5.07. The normalized spacial score (nSPS) is 23.3. The molecule has 2 amide bonds. The molecule has 3 rings (SSSR count). The third-order valence-corrected chi connectivity index (χ3v) is 5.48. The number of rotatable bonds is 3. The smallest absolute Gasteiger partial charge is 0.315 e. The molecule has 1 aliphatic rings. The van der Waals surface area contributed by atoms with Crippen molar-refractivity contribution in [3.8, 4) is 5.69 Å². The summed E-state index contributed by atoms with van der Waals surface area (Å²) in [6, 6.07) is 5.41. The first-order valence-corrected chi connectivity index (χ1v) is 8.89. The third kappa shape index (κ3) is 3.33. The molecule has 1 fully saturated rings. The van der Waals surface area contributed by atoms with E-state index in [9.17, 15) is 4.79 Å². The first kappa shape index (κ1) is 17.7. The molecule has 1 aromatic carbocycles. The summed E-state index contributed by atoms with van der Waals surface area (Å²) >= 11 is 6.27. The lowest BCUT2D eigenvalue weighted by molar-refractivity contribution is 0.177. The van der Waals surface area contributed by atoms with Gasteiger partial charge in [-0.05, 0) is 66.6 Å². The Morgan fingerprint density at radius 3 is 2.76 bits per heavy atom. The van der Waals surface area contributed by atoms with E-state index in [1.165, 1.54) is 0 Å². The van der Waals surface area contributed by atoms with Gasteiger partial charge < -0.3 is 10.6 Å². The predicted octanol–water partition coefficient (Wildman–Crippen LogP) is 2.96. The summed E-state index contributed by atoms with van der Waals surface area (Å²) in [5.41, 5.74) is 1.13. The number of nitrogens with zero attached hydrogens (tertiary/aromatic N) is 4. The van der Waals surface area contributed by atoms with E-state index in [1.807, 2.05) is 25.1 Å². The predicted molar refractivity (Wildman–Crippen MR) is 95.8 cm³/mol. The van der Waals surface area contributed by atoms with E-state index < -0.39 is 5.54 Å². The second-order valence-electron chi connectivity index (χ2n) is 6.77. The molecule has 1 aromatic heterocycles. The van der Waals surface area contributed by atoms with Crippen LogP contribution in [-0.2, 0) is 5.54 Å². The first-order valence-electron chi connectivity index (χ1n) is 8.51. The van der Waals surface area contributed by atoms with Crippen LogP contribution in [0.5, 0.6) is 0 Å². The minimum Gasteiger partial charge on any atom is -0.341 e. The van der Waals surface area contributed by atoms with E-state index in [0.29, 0.717) is 16.8 Å². The summed E-state index contributed by atoms with van der Waals surface area (Å²) in [5.74, 6) is 1.27. The molecule has 134 valence electrons. The van der Waals surface area contributed by atoms with Crippen LogP contribution in [0.15, 0.2) is 18.2 Å². The molecule has 0 spiro atoms. The average Bonchev–Trinajstić information content (AvgIpc) is 3.09. The van der Waals surface area contributed by atoms with E-state index in [2.05, 4.69) is 33.1 Å². The maximum atomic E-state index is 12.1. The second-order valence-corrected chi connectivity index (χ2v) is 7.17. The zero-order chi connectivity index (χ0) is 18.0. The number of halogens is 1. The Balaban J connectivity index is 2.08. The molecule has 1 heterocycles. The van der Waals surface area contributed by atoms with Crippen molar-refractivity contribution >= 4 is 17.6 Å². The molecular weight excluding hydrogens is 340 g/mol. The quantitative estimate of drug-likeness (QED) is 0.879. The number of urea groups is 1. The highest BCUT2D eigenvalue weighted by molar-refractivity contribution is 6.31.